The summed E-state index contributed by atoms with van der Waals surface area (Å²) in [4.78, 5) is 7.16. The molecule has 0 radical (unpaired) electrons. The number of nitrogens with zero attached hydrogens (tertiary/aromatic N) is 2. The molecular formula is C12H11BrF4N4O2. The summed E-state index contributed by atoms with van der Waals surface area (Å²) in [6.07, 6.45) is 2.79. The number of anilines is 2. The number of aromatic nitrogens is 2. The second-order valence-electron chi connectivity index (χ2n) is 3.68. The normalized spacial score (nSPS) is 10.2. The predicted molar refractivity (Wildman–Crippen MR) is 78.3 cm³/mol. The largest absolute Gasteiger partial charge is 0.431 e. The molecule has 126 valence electrons. The maximum atomic E-state index is 11.7. The molecule has 2 aromatic rings. The van der Waals surface area contributed by atoms with Gasteiger partial charge in [0.1, 0.15) is 0 Å². The van der Waals surface area contributed by atoms with Crippen molar-refractivity contribution in [1.29, 1.82) is 0 Å². The van der Waals surface area contributed by atoms with Crippen LogP contribution in [0.25, 0.3) is 0 Å². The molecule has 0 fully saturated rings. The van der Waals surface area contributed by atoms with Crippen LogP contribution in [0.5, 0.6) is 11.5 Å². The minimum Gasteiger partial charge on any atom is -0.431 e. The molecule has 0 aliphatic rings. The molecule has 0 bridgehead atoms. The minimum absolute atomic E-state index is 0.0344. The summed E-state index contributed by atoms with van der Waals surface area (Å²) >= 11 is 3.04. The van der Waals surface area contributed by atoms with E-state index in [2.05, 4.69) is 35.4 Å². The molecule has 0 aliphatic heterocycles. The Balaban J connectivity index is 0.000000231. The molecule has 23 heavy (non-hydrogen) atoms. The topological polar surface area (TPSA) is 96.3 Å². The van der Waals surface area contributed by atoms with Gasteiger partial charge in [0.15, 0.2) is 23.1 Å². The highest BCUT2D eigenvalue weighted by atomic mass is 79.9. The van der Waals surface area contributed by atoms with Crippen molar-refractivity contribution in [2.24, 2.45) is 0 Å². The summed E-state index contributed by atoms with van der Waals surface area (Å²) in [6.45, 7) is -5.75. The average Bonchev–Trinajstić information content (AvgIpc) is 2.45. The third-order valence-electron chi connectivity index (χ3n) is 2.08. The fourth-order valence-electron chi connectivity index (χ4n) is 1.22. The highest BCUT2D eigenvalue weighted by molar-refractivity contribution is 9.10. The number of halogens is 5. The molecule has 2 heterocycles. The second kappa shape index (κ2) is 8.98. The van der Waals surface area contributed by atoms with E-state index in [1.165, 1.54) is 30.6 Å². The van der Waals surface area contributed by atoms with Gasteiger partial charge in [-0.3, -0.25) is 0 Å². The third-order valence-corrected chi connectivity index (χ3v) is 2.51. The Labute approximate surface area is 136 Å². The van der Waals surface area contributed by atoms with Gasteiger partial charge in [0, 0.05) is 16.9 Å². The smallest absolute Gasteiger partial charge is 0.387 e. The highest BCUT2D eigenvalue weighted by Crippen LogP contribution is 2.24. The number of nitrogens with two attached hydrogens (primary N) is 2. The molecular weight excluding hydrogens is 388 g/mol. The van der Waals surface area contributed by atoms with Crippen LogP contribution in [-0.4, -0.2) is 23.2 Å². The molecule has 0 amide bonds. The Kier molecular flexibility index (Phi) is 7.32. The standard InChI is InChI=1S/C6H5BrF2N2O.C6H6F2N2O/c7-3-1-4(12-6(8)9)5(10)11-2-3;7-6(8)11-4-2-1-3-10-5(4)9/h1-2,6H,(H2,10,11);1-3,6H,(H2,9,10). The zero-order valence-electron chi connectivity index (χ0n) is 11.3. The third kappa shape index (κ3) is 7.00. The number of alkyl halides is 4. The zero-order valence-corrected chi connectivity index (χ0v) is 12.9. The number of nitrogen functional groups attached to an aromatic ring is 2. The Morgan fingerprint density at radius 1 is 0.957 bits per heavy atom. The van der Waals surface area contributed by atoms with Gasteiger partial charge in [-0.1, -0.05) is 0 Å². The molecule has 0 aromatic carbocycles. The minimum atomic E-state index is -2.89. The van der Waals surface area contributed by atoms with Crippen LogP contribution >= 0.6 is 15.9 Å². The lowest BCUT2D eigenvalue weighted by Gasteiger charge is -2.05. The fraction of sp³-hybridized carbons (Fsp3) is 0.167. The number of rotatable bonds is 4. The van der Waals surface area contributed by atoms with Crippen molar-refractivity contribution < 1.29 is 27.0 Å². The van der Waals surface area contributed by atoms with Crippen LogP contribution in [0.15, 0.2) is 35.1 Å². The van der Waals surface area contributed by atoms with Crippen LogP contribution in [0.4, 0.5) is 29.2 Å². The molecule has 6 nitrogen and oxygen atoms in total. The van der Waals surface area contributed by atoms with Gasteiger partial charge < -0.3 is 20.9 Å². The second-order valence-corrected chi connectivity index (χ2v) is 4.60. The number of hydrogen-bond donors (Lipinski definition) is 2. The predicted octanol–water partition coefficient (Wildman–Crippen LogP) is 3.29. The van der Waals surface area contributed by atoms with Crippen molar-refractivity contribution in [2.75, 3.05) is 11.5 Å². The van der Waals surface area contributed by atoms with E-state index in [-0.39, 0.29) is 23.1 Å². The van der Waals surface area contributed by atoms with Gasteiger partial charge in [0.2, 0.25) is 0 Å². The molecule has 4 N–H and O–H groups in total. The Bertz CT molecular complexity index is 634. The SMILES string of the molecule is Nc1ncc(Br)cc1OC(F)F.Nc1ncccc1OC(F)F. The van der Waals surface area contributed by atoms with Gasteiger partial charge in [0.05, 0.1) is 0 Å². The van der Waals surface area contributed by atoms with Gasteiger partial charge in [-0.2, -0.15) is 17.6 Å². The zero-order chi connectivity index (χ0) is 17.4. The Morgan fingerprint density at radius 2 is 1.52 bits per heavy atom. The maximum absolute atomic E-state index is 11.7. The van der Waals surface area contributed by atoms with E-state index >= 15 is 0 Å². The molecule has 0 saturated carbocycles. The number of ether oxygens (including phenoxy) is 2. The lowest BCUT2D eigenvalue weighted by Crippen LogP contribution is -2.05. The molecule has 2 rings (SSSR count). The van der Waals surface area contributed by atoms with Crippen LogP contribution in [-0.2, 0) is 0 Å². The van der Waals surface area contributed by atoms with E-state index in [0.717, 1.165) is 0 Å². The summed E-state index contributed by atoms with van der Waals surface area (Å²) in [7, 11) is 0. The average molecular weight is 399 g/mol. The van der Waals surface area contributed by atoms with E-state index in [1.807, 2.05) is 0 Å². The van der Waals surface area contributed by atoms with E-state index in [0.29, 0.717) is 4.47 Å². The summed E-state index contributed by atoms with van der Waals surface area (Å²) in [5, 5.41) is 0. The van der Waals surface area contributed by atoms with Crippen LogP contribution in [0.2, 0.25) is 0 Å². The Morgan fingerprint density at radius 3 is 2.09 bits per heavy atom. The van der Waals surface area contributed by atoms with Crippen molar-refractivity contribution in [3.8, 4) is 11.5 Å². The van der Waals surface area contributed by atoms with Crippen molar-refractivity contribution >= 4 is 27.6 Å². The van der Waals surface area contributed by atoms with Crippen molar-refractivity contribution in [2.45, 2.75) is 13.2 Å². The van der Waals surface area contributed by atoms with Gasteiger partial charge in [-0.25, -0.2) is 9.97 Å². The van der Waals surface area contributed by atoms with Crippen LogP contribution in [0, 0.1) is 0 Å². The van der Waals surface area contributed by atoms with Gasteiger partial charge >= 0.3 is 13.2 Å². The quantitative estimate of drug-likeness (QED) is 0.767. The number of pyridine rings is 2. The van der Waals surface area contributed by atoms with E-state index in [1.54, 1.807) is 0 Å². The first-order valence-corrected chi connectivity index (χ1v) is 6.60. The number of hydrogen-bond acceptors (Lipinski definition) is 6. The first kappa shape index (κ1) is 18.7. The molecule has 0 atom stereocenters. The van der Waals surface area contributed by atoms with Crippen LogP contribution in [0.1, 0.15) is 0 Å². The molecule has 0 saturated heterocycles. The van der Waals surface area contributed by atoms with Gasteiger partial charge in [-0.15, -0.1) is 0 Å². The molecule has 0 spiro atoms. The van der Waals surface area contributed by atoms with Crippen LogP contribution in [0.3, 0.4) is 0 Å². The van der Waals surface area contributed by atoms with Gasteiger partial charge in [0.25, 0.3) is 0 Å². The first-order valence-electron chi connectivity index (χ1n) is 5.80. The van der Waals surface area contributed by atoms with Crippen molar-refractivity contribution in [3.05, 3.63) is 35.1 Å². The van der Waals surface area contributed by atoms with Gasteiger partial charge in [-0.05, 0) is 34.1 Å². The van der Waals surface area contributed by atoms with Crippen molar-refractivity contribution in [1.82, 2.24) is 9.97 Å². The van der Waals surface area contributed by atoms with Crippen molar-refractivity contribution in [3.63, 3.8) is 0 Å². The summed E-state index contributed by atoms with van der Waals surface area (Å²) in [5.74, 6) is -0.312. The summed E-state index contributed by atoms with van der Waals surface area (Å²) < 4.78 is 55.2. The lowest BCUT2D eigenvalue weighted by molar-refractivity contribution is -0.0501. The maximum Gasteiger partial charge on any atom is 0.387 e. The van der Waals surface area contributed by atoms with E-state index in [4.69, 9.17) is 11.5 Å². The monoisotopic (exact) mass is 398 g/mol. The lowest BCUT2D eigenvalue weighted by atomic mass is 10.4. The highest BCUT2D eigenvalue weighted by Gasteiger charge is 2.08. The summed E-state index contributed by atoms with van der Waals surface area (Å²) in [5.41, 5.74) is 10.4. The first-order chi connectivity index (χ1) is 10.8. The molecule has 0 unspecified atom stereocenters. The fourth-order valence-corrected chi connectivity index (χ4v) is 1.53. The van der Waals surface area contributed by atoms with E-state index in [9.17, 15) is 17.6 Å². The molecule has 0 aliphatic carbocycles. The molecule has 2 aromatic heterocycles. The Hall–Kier alpha value is -2.30. The van der Waals surface area contributed by atoms with E-state index < -0.39 is 13.2 Å². The van der Waals surface area contributed by atoms with Crippen LogP contribution < -0.4 is 20.9 Å². The summed E-state index contributed by atoms with van der Waals surface area (Å²) in [6, 6.07) is 4.12. The molecule has 11 heteroatoms.